The fraction of sp³-hybridized carbons (Fsp3) is 0.294. The monoisotopic (exact) mass is 581 g/mol. The highest BCUT2D eigenvalue weighted by Crippen LogP contribution is 2.39. The number of hydrogen-bond donors (Lipinski definition) is 1. The van der Waals surface area contributed by atoms with Crippen LogP contribution in [0.1, 0.15) is 58.6 Å². The minimum Gasteiger partial charge on any atom is -0.497 e. The maximum absolute atomic E-state index is 13.4. The van der Waals surface area contributed by atoms with Crippen molar-refractivity contribution in [2.45, 2.75) is 57.7 Å². The van der Waals surface area contributed by atoms with Gasteiger partial charge in [0.1, 0.15) is 17.0 Å². The van der Waals surface area contributed by atoms with E-state index in [2.05, 4.69) is 4.98 Å². The predicted molar refractivity (Wildman–Crippen MR) is 160 cm³/mol. The van der Waals surface area contributed by atoms with Crippen LogP contribution < -0.4 is 9.47 Å². The largest absolute Gasteiger partial charge is 0.497 e. The number of aryl methyl sites for hydroxylation is 3. The molecule has 1 aliphatic carbocycles. The zero-order valence-corrected chi connectivity index (χ0v) is 24.4. The molecule has 0 spiro atoms. The minimum absolute atomic E-state index is 0.103. The molecule has 0 radical (unpaired) electrons. The van der Waals surface area contributed by atoms with E-state index in [-0.39, 0.29) is 12.3 Å². The second-order valence-electron chi connectivity index (χ2n) is 10.9. The number of hydrogen-bond acceptors (Lipinski definition) is 6. The van der Waals surface area contributed by atoms with Crippen LogP contribution in [0, 0.1) is 6.92 Å². The van der Waals surface area contributed by atoms with Crippen LogP contribution in [0.3, 0.4) is 0 Å². The fourth-order valence-corrected chi connectivity index (χ4v) is 5.35. The van der Waals surface area contributed by atoms with Gasteiger partial charge in [-0.3, -0.25) is 9.69 Å². The van der Waals surface area contributed by atoms with Crippen molar-refractivity contribution in [1.82, 2.24) is 14.5 Å². The summed E-state index contributed by atoms with van der Waals surface area (Å²) < 4.78 is 12.7. The summed E-state index contributed by atoms with van der Waals surface area (Å²) >= 11 is 0. The summed E-state index contributed by atoms with van der Waals surface area (Å²) in [6, 6.07) is 21.8. The SMILES string of the molecule is COc1ccc(OC(=O)N(Cc2cccc(CCCn3ccnc3C(=O)c3ccc(C)cc3)c2)C2(C(=O)O)CCC2)cc1. The molecule has 0 bridgehead atoms. The maximum atomic E-state index is 13.4. The third-order valence-corrected chi connectivity index (χ3v) is 8.01. The highest BCUT2D eigenvalue weighted by molar-refractivity contribution is 6.06. The number of methoxy groups -OCH3 is 1. The Kier molecular flexibility index (Phi) is 8.90. The molecule has 9 heteroatoms. The van der Waals surface area contributed by atoms with Gasteiger partial charge in [-0.15, -0.1) is 0 Å². The lowest BCUT2D eigenvalue weighted by Gasteiger charge is -2.45. The Bertz CT molecular complexity index is 1590. The van der Waals surface area contributed by atoms with Gasteiger partial charge in [-0.1, -0.05) is 54.1 Å². The number of rotatable bonds is 12. The van der Waals surface area contributed by atoms with E-state index in [9.17, 15) is 19.5 Å². The molecule has 5 rings (SSSR count). The molecule has 3 aromatic carbocycles. The number of ketones is 1. The highest BCUT2D eigenvalue weighted by atomic mass is 16.6. The quantitative estimate of drug-likeness (QED) is 0.202. The van der Waals surface area contributed by atoms with Crippen LogP contribution in [-0.2, 0) is 24.3 Å². The van der Waals surface area contributed by atoms with Gasteiger partial charge in [-0.2, -0.15) is 0 Å². The van der Waals surface area contributed by atoms with E-state index < -0.39 is 17.6 Å². The molecule has 4 aromatic rings. The van der Waals surface area contributed by atoms with Crippen molar-refractivity contribution < 1.29 is 29.0 Å². The first-order valence-corrected chi connectivity index (χ1v) is 14.4. The number of ether oxygens (including phenoxy) is 2. The minimum atomic E-state index is -1.30. The number of aromatic nitrogens is 2. The van der Waals surface area contributed by atoms with Gasteiger partial charge in [-0.25, -0.2) is 14.6 Å². The highest BCUT2D eigenvalue weighted by Gasteiger charge is 2.52. The molecule has 1 N–H and O–H groups in total. The predicted octanol–water partition coefficient (Wildman–Crippen LogP) is 6.07. The van der Waals surface area contributed by atoms with Gasteiger partial charge in [0, 0.05) is 24.5 Å². The second-order valence-corrected chi connectivity index (χ2v) is 10.9. The molecule has 1 aromatic heterocycles. The lowest BCUT2D eigenvalue weighted by molar-refractivity contribution is -0.156. The number of amides is 1. The summed E-state index contributed by atoms with van der Waals surface area (Å²) in [5, 5.41) is 10.1. The van der Waals surface area contributed by atoms with E-state index in [1.165, 1.54) is 4.90 Å². The zero-order valence-electron chi connectivity index (χ0n) is 24.4. The molecule has 1 heterocycles. The van der Waals surface area contributed by atoms with Gasteiger partial charge >= 0.3 is 12.1 Å². The lowest BCUT2D eigenvalue weighted by Crippen LogP contribution is -2.61. The van der Waals surface area contributed by atoms with Crippen molar-refractivity contribution in [1.29, 1.82) is 0 Å². The molecule has 1 amide bonds. The third kappa shape index (κ3) is 6.61. The summed E-state index contributed by atoms with van der Waals surface area (Å²) in [6.45, 7) is 2.69. The zero-order chi connectivity index (χ0) is 30.4. The maximum Gasteiger partial charge on any atom is 0.416 e. The molecule has 0 unspecified atom stereocenters. The summed E-state index contributed by atoms with van der Waals surface area (Å²) in [6.07, 6.45) is 5.70. The standard InChI is InChI=1S/C34H35N3O6/c1-24-9-11-27(12-10-24)30(38)31-35-19-21-36(31)20-4-8-25-6-3-7-26(22-25)23-37(34(32(39)40)17-5-18-34)33(41)43-29-15-13-28(42-2)14-16-29/h3,6-7,9-16,19,21-22H,4-5,8,17-18,20,23H2,1-2H3,(H,39,40). The van der Waals surface area contributed by atoms with E-state index in [1.54, 1.807) is 37.6 Å². The van der Waals surface area contributed by atoms with Crippen LogP contribution in [0.5, 0.6) is 11.5 Å². The van der Waals surface area contributed by atoms with Gasteiger partial charge in [0.2, 0.25) is 5.78 Å². The molecule has 0 saturated heterocycles. The second kappa shape index (κ2) is 12.9. The lowest BCUT2D eigenvalue weighted by atomic mass is 9.75. The summed E-state index contributed by atoms with van der Waals surface area (Å²) in [5.74, 6) is 0.193. The van der Waals surface area contributed by atoms with Crippen molar-refractivity contribution >= 4 is 17.8 Å². The molecular formula is C34H35N3O6. The topological polar surface area (TPSA) is 111 Å². The number of carbonyl (C=O) groups excluding carboxylic acids is 2. The summed E-state index contributed by atoms with van der Waals surface area (Å²) in [5.41, 5.74) is 2.25. The van der Waals surface area contributed by atoms with Gasteiger partial charge in [0.05, 0.1) is 13.7 Å². The average Bonchev–Trinajstić information content (AvgIpc) is 3.45. The average molecular weight is 582 g/mol. The van der Waals surface area contributed by atoms with E-state index in [0.717, 1.165) is 36.0 Å². The first-order valence-electron chi connectivity index (χ1n) is 14.4. The fourth-order valence-electron chi connectivity index (χ4n) is 5.35. The number of carboxylic acid groups (broad SMARTS) is 1. The molecule has 43 heavy (non-hydrogen) atoms. The van der Waals surface area contributed by atoms with Gasteiger partial charge in [-0.05, 0) is 74.4 Å². The Morgan fingerprint density at radius 3 is 2.33 bits per heavy atom. The Labute approximate surface area is 250 Å². The van der Waals surface area contributed by atoms with Crippen molar-refractivity contribution in [2.75, 3.05) is 7.11 Å². The van der Waals surface area contributed by atoms with E-state index >= 15 is 0 Å². The van der Waals surface area contributed by atoms with Crippen molar-refractivity contribution in [3.8, 4) is 11.5 Å². The first kappa shape index (κ1) is 29.6. The van der Waals surface area contributed by atoms with Crippen LogP contribution in [-0.4, -0.2) is 50.1 Å². The number of aliphatic carboxylic acids is 1. The molecule has 0 atom stereocenters. The molecule has 222 valence electrons. The third-order valence-electron chi connectivity index (χ3n) is 8.01. The van der Waals surface area contributed by atoms with E-state index in [1.807, 2.05) is 66.2 Å². The molecule has 1 aliphatic rings. The van der Waals surface area contributed by atoms with Gasteiger partial charge < -0.3 is 19.1 Å². The van der Waals surface area contributed by atoms with Crippen LogP contribution in [0.25, 0.3) is 0 Å². The van der Waals surface area contributed by atoms with Crippen LogP contribution in [0.2, 0.25) is 0 Å². The van der Waals surface area contributed by atoms with E-state index in [0.29, 0.717) is 42.3 Å². The smallest absolute Gasteiger partial charge is 0.416 e. The van der Waals surface area contributed by atoms with Crippen LogP contribution in [0.4, 0.5) is 4.79 Å². The molecule has 9 nitrogen and oxygen atoms in total. The number of benzene rings is 3. The van der Waals surface area contributed by atoms with Crippen molar-refractivity contribution in [3.05, 3.63) is 113 Å². The normalized spacial score (nSPS) is 13.5. The van der Waals surface area contributed by atoms with Gasteiger partial charge in [0.25, 0.3) is 0 Å². The Balaban J connectivity index is 1.26. The molecule has 1 fully saturated rings. The first-order chi connectivity index (χ1) is 20.8. The molecule has 0 aliphatic heterocycles. The van der Waals surface area contributed by atoms with Crippen molar-refractivity contribution in [3.63, 3.8) is 0 Å². The van der Waals surface area contributed by atoms with Crippen molar-refractivity contribution in [2.24, 2.45) is 0 Å². The van der Waals surface area contributed by atoms with Gasteiger partial charge in [0.15, 0.2) is 5.82 Å². The number of carboxylic acids is 1. The Morgan fingerprint density at radius 1 is 0.977 bits per heavy atom. The van der Waals surface area contributed by atoms with E-state index in [4.69, 9.17) is 9.47 Å². The number of carbonyl (C=O) groups is 3. The van der Waals surface area contributed by atoms with Crippen LogP contribution >= 0.6 is 0 Å². The van der Waals surface area contributed by atoms with Crippen LogP contribution in [0.15, 0.2) is 85.2 Å². The molecular weight excluding hydrogens is 546 g/mol. The molecule has 1 saturated carbocycles. The number of nitrogens with zero attached hydrogens (tertiary/aromatic N) is 3. The Hall–Kier alpha value is -4.92. The summed E-state index contributed by atoms with van der Waals surface area (Å²) in [4.78, 5) is 44.4. The Morgan fingerprint density at radius 2 is 1.67 bits per heavy atom. The summed E-state index contributed by atoms with van der Waals surface area (Å²) in [7, 11) is 1.55. The number of imidazole rings is 1.